The summed E-state index contributed by atoms with van der Waals surface area (Å²) in [5.41, 5.74) is 10.4. The van der Waals surface area contributed by atoms with Crippen molar-refractivity contribution in [1.29, 1.82) is 0 Å². The van der Waals surface area contributed by atoms with Gasteiger partial charge in [0, 0.05) is 10.9 Å². The minimum Gasteiger partial charge on any atom is -0.369 e. The number of rotatable bonds is 5. The number of nitrogens with zero attached hydrogens (tertiary/aromatic N) is 2. The smallest absolute Gasteiger partial charge is 0.213 e. The summed E-state index contributed by atoms with van der Waals surface area (Å²) in [6.45, 7) is 8.93. The number of hydrogen-bond donors (Lipinski definition) is 2. The number of hydrogen-bond acceptors (Lipinski definition) is 3. The molecule has 3 aromatic rings. The molecule has 28 heavy (non-hydrogen) atoms. The van der Waals surface area contributed by atoms with Crippen LogP contribution < -0.4 is 11.1 Å². The predicted molar refractivity (Wildman–Crippen MR) is 116 cm³/mol. The molecule has 1 heterocycles. The lowest BCUT2D eigenvalue weighted by atomic mass is 9.75. The van der Waals surface area contributed by atoms with E-state index in [0.29, 0.717) is 18.0 Å². The van der Waals surface area contributed by atoms with Gasteiger partial charge in [-0.25, -0.2) is 9.98 Å². The molecule has 0 spiro atoms. The molecule has 3 rings (SSSR count). The Kier molecular flexibility index (Phi) is 5.45. The zero-order valence-electron chi connectivity index (χ0n) is 16.7. The largest absolute Gasteiger partial charge is 0.369 e. The summed E-state index contributed by atoms with van der Waals surface area (Å²) in [7, 11) is 0. The zero-order chi connectivity index (χ0) is 20.3. The van der Waals surface area contributed by atoms with E-state index in [-0.39, 0.29) is 11.4 Å². The van der Waals surface area contributed by atoms with Crippen LogP contribution in [0.2, 0.25) is 0 Å². The van der Waals surface area contributed by atoms with Crippen molar-refractivity contribution >= 4 is 29.0 Å². The molecule has 0 fully saturated rings. The van der Waals surface area contributed by atoms with Gasteiger partial charge in [0.05, 0.1) is 16.9 Å². The van der Waals surface area contributed by atoms with Crippen molar-refractivity contribution in [3.8, 4) is 11.3 Å². The highest BCUT2D eigenvalue weighted by Crippen LogP contribution is 2.36. The first-order chi connectivity index (χ1) is 13.3. The second-order valence-electron chi connectivity index (χ2n) is 7.76. The van der Waals surface area contributed by atoms with Gasteiger partial charge in [-0.1, -0.05) is 70.2 Å². The number of amides is 1. The Morgan fingerprint density at radius 1 is 1.14 bits per heavy atom. The van der Waals surface area contributed by atoms with Gasteiger partial charge in [-0.2, -0.15) is 0 Å². The van der Waals surface area contributed by atoms with Crippen LogP contribution >= 0.6 is 0 Å². The maximum atomic E-state index is 10.7. The number of carbonyl (C=O) groups is 1. The molecule has 144 valence electrons. The topological polar surface area (TPSA) is 80.4 Å². The first kappa shape index (κ1) is 19.5. The molecule has 0 atom stereocenters. The third-order valence-corrected chi connectivity index (χ3v) is 5.49. The van der Waals surface area contributed by atoms with Crippen molar-refractivity contribution in [1.82, 2.24) is 10.3 Å². The Balaban J connectivity index is 2.25. The molecular weight excluding hydrogens is 348 g/mol. The summed E-state index contributed by atoms with van der Waals surface area (Å²) in [5.74, 6) is 0.528. The second-order valence-corrected chi connectivity index (χ2v) is 7.76. The molecule has 0 aliphatic rings. The molecule has 0 aliphatic carbocycles. The van der Waals surface area contributed by atoms with E-state index >= 15 is 0 Å². The van der Waals surface area contributed by atoms with Gasteiger partial charge in [0.1, 0.15) is 0 Å². The first-order valence-corrected chi connectivity index (χ1v) is 9.38. The number of fused-ring (bicyclic) bond motifs is 1. The van der Waals surface area contributed by atoms with Crippen LogP contribution in [-0.4, -0.2) is 17.4 Å². The van der Waals surface area contributed by atoms with Gasteiger partial charge < -0.3 is 5.73 Å². The summed E-state index contributed by atoms with van der Waals surface area (Å²) in [6.07, 6.45) is 0.517. The van der Waals surface area contributed by atoms with Crippen LogP contribution in [0.15, 0.2) is 59.6 Å². The normalized spacial score (nSPS) is 12.4. The lowest BCUT2D eigenvalue weighted by Gasteiger charge is -2.30. The number of pyridine rings is 1. The Morgan fingerprint density at radius 3 is 2.50 bits per heavy atom. The quantitative estimate of drug-likeness (QED) is 0.391. The van der Waals surface area contributed by atoms with Crippen molar-refractivity contribution in [3.05, 3.63) is 60.2 Å². The molecule has 1 amide bonds. The van der Waals surface area contributed by atoms with Gasteiger partial charge in [0.15, 0.2) is 5.96 Å². The van der Waals surface area contributed by atoms with Crippen LogP contribution in [-0.2, 0) is 10.2 Å². The van der Waals surface area contributed by atoms with Crippen LogP contribution in [0, 0.1) is 5.92 Å². The molecule has 2 aromatic carbocycles. The first-order valence-electron chi connectivity index (χ1n) is 9.38. The van der Waals surface area contributed by atoms with E-state index in [1.54, 1.807) is 0 Å². The van der Waals surface area contributed by atoms with Gasteiger partial charge in [0.25, 0.3) is 0 Å². The molecule has 5 nitrogen and oxygen atoms in total. The van der Waals surface area contributed by atoms with Crippen molar-refractivity contribution < 1.29 is 4.79 Å². The Morgan fingerprint density at radius 2 is 1.86 bits per heavy atom. The maximum absolute atomic E-state index is 10.7. The standard InChI is InChI=1S/C23H26N4O/c1-15(2)23(3,4)17-10-11-18-20(12-17)26-19(16-8-6-5-7-9-16)13-21(18)27-22(24)25-14-28/h5-15H,1-4H3,(H3,24,25,26,27,28). The van der Waals surface area contributed by atoms with Crippen LogP contribution in [0.25, 0.3) is 22.2 Å². The number of guanidine groups is 1. The fourth-order valence-corrected chi connectivity index (χ4v) is 3.02. The molecule has 0 unspecified atom stereocenters. The summed E-state index contributed by atoms with van der Waals surface area (Å²) in [5, 5.41) is 3.28. The van der Waals surface area contributed by atoms with Gasteiger partial charge in [-0.05, 0) is 29.0 Å². The Hall–Kier alpha value is -3.21. The van der Waals surface area contributed by atoms with Crippen LogP contribution in [0.4, 0.5) is 5.69 Å². The van der Waals surface area contributed by atoms with Crippen molar-refractivity contribution in [2.75, 3.05) is 0 Å². The highest BCUT2D eigenvalue weighted by molar-refractivity contribution is 5.97. The van der Waals surface area contributed by atoms with Crippen LogP contribution in [0.3, 0.4) is 0 Å². The van der Waals surface area contributed by atoms with E-state index in [9.17, 15) is 4.79 Å². The van der Waals surface area contributed by atoms with E-state index in [0.717, 1.165) is 22.2 Å². The molecule has 0 saturated heterocycles. The number of nitrogens with one attached hydrogen (secondary N) is 1. The van der Waals surface area contributed by atoms with Crippen LogP contribution in [0.1, 0.15) is 33.3 Å². The minimum absolute atomic E-state index is 0.0140. The molecule has 0 saturated carbocycles. The van der Waals surface area contributed by atoms with Crippen molar-refractivity contribution in [3.63, 3.8) is 0 Å². The Bertz CT molecular complexity index is 1020. The van der Waals surface area contributed by atoms with Gasteiger partial charge in [0.2, 0.25) is 6.41 Å². The average Bonchev–Trinajstić information content (AvgIpc) is 2.68. The average molecular weight is 374 g/mol. The third-order valence-electron chi connectivity index (χ3n) is 5.49. The third kappa shape index (κ3) is 3.88. The predicted octanol–water partition coefficient (Wildman–Crippen LogP) is 4.53. The number of benzene rings is 2. The lowest BCUT2D eigenvalue weighted by molar-refractivity contribution is -0.108. The molecule has 5 heteroatoms. The summed E-state index contributed by atoms with van der Waals surface area (Å²) in [4.78, 5) is 20.0. The Labute approximate surface area is 165 Å². The number of nitrogens with two attached hydrogens (primary N) is 1. The van der Waals surface area contributed by atoms with Gasteiger partial charge in [-0.3, -0.25) is 10.1 Å². The maximum Gasteiger partial charge on any atom is 0.213 e. The van der Waals surface area contributed by atoms with E-state index < -0.39 is 0 Å². The van der Waals surface area contributed by atoms with E-state index in [4.69, 9.17) is 10.7 Å². The highest BCUT2D eigenvalue weighted by Gasteiger charge is 2.25. The van der Waals surface area contributed by atoms with Gasteiger partial charge >= 0.3 is 0 Å². The van der Waals surface area contributed by atoms with Crippen molar-refractivity contribution in [2.45, 2.75) is 33.1 Å². The monoisotopic (exact) mass is 374 g/mol. The molecular formula is C23H26N4O. The van der Waals surface area contributed by atoms with E-state index in [1.807, 2.05) is 42.5 Å². The number of aliphatic imine (C=N–C) groups is 1. The van der Waals surface area contributed by atoms with Crippen LogP contribution in [0.5, 0.6) is 0 Å². The molecule has 3 N–H and O–H groups in total. The fraction of sp³-hybridized carbons (Fsp3) is 0.261. The molecule has 0 bridgehead atoms. The molecule has 0 radical (unpaired) electrons. The fourth-order valence-electron chi connectivity index (χ4n) is 3.02. The second kappa shape index (κ2) is 7.80. The molecule has 1 aromatic heterocycles. The summed E-state index contributed by atoms with van der Waals surface area (Å²) >= 11 is 0. The number of aromatic nitrogens is 1. The number of carbonyl (C=O) groups excluding carboxylic acids is 1. The summed E-state index contributed by atoms with van der Waals surface area (Å²) < 4.78 is 0. The SMILES string of the molecule is CC(C)C(C)(C)c1ccc2c(N=C(N)NC=O)cc(-c3ccccc3)nc2c1. The lowest BCUT2D eigenvalue weighted by Crippen LogP contribution is -2.29. The highest BCUT2D eigenvalue weighted by atomic mass is 16.1. The zero-order valence-corrected chi connectivity index (χ0v) is 16.7. The van der Waals surface area contributed by atoms with Crippen molar-refractivity contribution in [2.24, 2.45) is 16.6 Å². The summed E-state index contributed by atoms with van der Waals surface area (Å²) in [6, 6.07) is 18.1. The van der Waals surface area contributed by atoms with E-state index in [1.165, 1.54) is 5.56 Å². The van der Waals surface area contributed by atoms with Gasteiger partial charge in [-0.15, -0.1) is 0 Å². The van der Waals surface area contributed by atoms with E-state index in [2.05, 4.69) is 50.1 Å². The minimum atomic E-state index is 0.0140. The molecule has 0 aliphatic heterocycles.